The second-order valence-electron chi connectivity index (χ2n) is 6.27. The fourth-order valence-electron chi connectivity index (χ4n) is 2.47. The zero-order valence-corrected chi connectivity index (χ0v) is 12.0. The van der Waals surface area contributed by atoms with Crippen LogP contribution < -0.4 is 0 Å². The molecule has 0 spiro atoms. The van der Waals surface area contributed by atoms with Crippen LogP contribution in [-0.2, 0) is 11.2 Å². The van der Waals surface area contributed by atoms with Gasteiger partial charge < -0.3 is 14.1 Å². The van der Waals surface area contributed by atoms with Gasteiger partial charge in [-0.1, -0.05) is 0 Å². The number of furan rings is 1. The maximum atomic E-state index is 12.0. The minimum absolute atomic E-state index is 0.190. The second-order valence-corrected chi connectivity index (χ2v) is 6.27. The van der Waals surface area contributed by atoms with Gasteiger partial charge >= 0.3 is 6.09 Å². The summed E-state index contributed by atoms with van der Waals surface area (Å²) in [6.45, 7) is 7.28. The highest BCUT2D eigenvalue weighted by atomic mass is 16.6. The zero-order chi connectivity index (χ0) is 13.9. The molecule has 1 fully saturated rings. The van der Waals surface area contributed by atoms with E-state index in [9.17, 15) is 4.79 Å². The monoisotopic (exact) mass is 265 g/mol. The largest absolute Gasteiger partial charge is 0.472 e. The van der Waals surface area contributed by atoms with Gasteiger partial charge in [-0.3, -0.25) is 0 Å². The third-order valence-corrected chi connectivity index (χ3v) is 3.28. The first kappa shape index (κ1) is 14.0. The maximum absolute atomic E-state index is 12.0. The molecule has 1 aromatic rings. The minimum Gasteiger partial charge on any atom is -0.472 e. The summed E-state index contributed by atoms with van der Waals surface area (Å²) in [5.41, 5.74) is 0.783. The van der Waals surface area contributed by atoms with E-state index in [1.54, 1.807) is 12.5 Å². The summed E-state index contributed by atoms with van der Waals surface area (Å²) < 4.78 is 10.5. The molecule has 1 amide bonds. The molecule has 0 N–H and O–H groups in total. The number of ether oxygens (including phenoxy) is 1. The summed E-state index contributed by atoms with van der Waals surface area (Å²) in [4.78, 5) is 13.9. The fraction of sp³-hybridized carbons (Fsp3) is 0.667. The van der Waals surface area contributed by atoms with E-state index in [0.717, 1.165) is 32.4 Å². The SMILES string of the molecule is CC(C)(C)OC(=O)N1CCCC(Cc2ccoc2)C1. The molecule has 4 nitrogen and oxygen atoms in total. The molecular formula is C15H23NO3. The van der Waals surface area contributed by atoms with E-state index in [0.29, 0.717) is 5.92 Å². The lowest BCUT2D eigenvalue weighted by Crippen LogP contribution is -2.43. The topological polar surface area (TPSA) is 42.7 Å². The Labute approximate surface area is 114 Å². The van der Waals surface area contributed by atoms with Crippen molar-refractivity contribution in [2.45, 2.75) is 45.6 Å². The molecule has 1 saturated heterocycles. The molecule has 1 aliphatic rings. The van der Waals surface area contributed by atoms with E-state index >= 15 is 0 Å². The van der Waals surface area contributed by atoms with Crippen LogP contribution >= 0.6 is 0 Å². The van der Waals surface area contributed by atoms with Crippen LogP contribution in [0.3, 0.4) is 0 Å². The van der Waals surface area contributed by atoms with Crippen LogP contribution in [0, 0.1) is 5.92 Å². The molecule has 1 aliphatic heterocycles. The molecule has 0 bridgehead atoms. The fourth-order valence-corrected chi connectivity index (χ4v) is 2.47. The van der Waals surface area contributed by atoms with Crippen molar-refractivity contribution in [3.05, 3.63) is 24.2 Å². The number of carbonyl (C=O) groups is 1. The van der Waals surface area contributed by atoms with Gasteiger partial charge in [0.1, 0.15) is 5.60 Å². The Morgan fingerprint density at radius 3 is 2.95 bits per heavy atom. The van der Waals surface area contributed by atoms with Crippen LogP contribution in [-0.4, -0.2) is 29.7 Å². The van der Waals surface area contributed by atoms with Crippen molar-refractivity contribution in [3.8, 4) is 0 Å². The molecule has 0 aromatic carbocycles. The summed E-state index contributed by atoms with van der Waals surface area (Å²) in [5, 5.41) is 0. The first-order valence-corrected chi connectivity index (χ1v) is 6.93. The van der Waals surface area contributed by atoms with Crippen LogP contribution in [0.5, 0.6) is 0 Å². The number of nitrogens with zero attached hydrogens (tertiary/aromatic N) is 1. The van der Waals surface area contributed by atoms with Gasteiger partial charge in [-0.05, 0) is 57.6 Å². The van der Waals surface area contributed by atoms with E-state index in [2.05, 4.69) is 0 Å². The molecule has 1 aromatic heterocycles. The third kappa shape index (κ3) is 4.30. The van der Waals surface area contributed by atoms with Gasteiger partial charge in [-0.25, -0.2) is 4.79 Å². The number of amides is 1. The van der Waals surface area contributed by atoms with Crippen LogP contribution in [0.2, 0.25) is 0 Å². The lowest BCUT2D eigenvalue weighted by atomic mass is 9.92. The molecular weight excluding hydrogens is 242 g/mol. The summed E-state index contributed by atoms with van der Waals surface area (Å²) >= 11 is 0. The van der Waals surface area contributed by atoms with E-state index in [4.69, 9.17) is 9.15 Å². The predicted octanol–water partition coefficient (Wildman–Crippen LogP) is 3.47. The number of carbonyl (C=O) groups excluding carboxylic acids is 1. The number of hydrogen-bond donors (Lipinski definition) is 0. The van der Waals surface area contributed by atoms with Gasteiger partial charge in [0, 0.05) is 13.1 Å². The molecule has 19 heavy (non-hydrogen) atoms. The van der Waals surface area contributed by atoms with E-state index in [-0.39, 0.29) is 6.09 Å². The summed E-state index contributed by atoms with van der Waals surface area (Å²) in [5.74, 6) is 0.499. The van der Waals surface area contributed by atoms with Crippen molar-refractivity contribution in [1.29, 1.82) is 0 Å². The molecule has 1 atom stereocenters. The number of hydrogen-bond acceptors (Lipinski definition) is 3. The van der Waals surface area contributed by atoms with Gasteiger partial charge in [-0.15, -0.1) is 0 Å². The Morgan fingerprint density at radius 1 is 1.53 bits per heavy atom. The van der Waals surface area contributed by atoms with Gasteiger partial charge in [-0.2, -0.15) is 0 Å². The minimum atomic E-state index is -0.422. The molecule has 1 unspecified atom stereocenters. The van der Waals surface area contributed by atoms with Gasteiger partial charge in [0.25, 0.3) is 0 Å². The van der Waals surface area contributed by atoms with Crippen molar-refractivity contribution >= 4 is 6.09 Å². The lowest BCUT2D eigenvalue weighted by Gasteiger charge is -2.34. The highest BCUT2D eigenvalue weighted by Gasteiger charge is 2.27. The molecule has 4 heteroatoms. The first-order chi connectivity index (χ1) is 8.94. The Hall–Kier alpha value is -1.45. The second kappa shape index (κ2) is 5.68. The summed E-state index contributed by atoms with van der Waals surface area (Å²) in [6, 6.07) is 1.99. The van der Waals surface area contributed by atoms with Crippen LogP contribution in [0.25, 0.3) is 0 Å². The summed E-state index contributed by atoms with van der Waals surface area (Å²) in [6.07, 6.45) is 6.46. The number of rotatable bonds is 2. The van der Waals surface area contributed by atoms with Gasteiger partial charge in [0.2, 0.25) is 0 Å². The van der Waals surface area contributed by atoms with E-state index in [1.165, 1.54) is 5.56 Å². The van der Waals surface area contributed by atoms with Crippen LogP contribution in [0.15, 0.2) is 23.0 Å². The molecule has 106 valence electrons. The maximum Gasteiger partial charge on any atom is 0.410 e. The average Bonchev–Trinajstić information content (AvgIpc) is 2.80. The quantitative estimate of drug-likeness (QED) is 0.822. The van der Waals surface area contributed by atoms with Gasteiger partial charge in [0.15, 0.2) is 0 Å². The first-order valence-electron chi connectivity index (χ1n) is 6.93. The van der Waals surface area contributed by atoms with Crippen molar-refractivity contribution in [3.63, 3.8) is 0 Å². The highest BCUT2D eigenvalue weighted by Crippen LogP contribution is 2.22. The van der Waals surface area contributed by atoms with Crippen molar-refractivity contribution in [1.82, 2.24) is 4.90 Å². The number of piperidine rings is 1. The Bertz CT molecular complexity index is 406. The van der Waals surface area contributed by atoms with E-state index < -0.39 is 5.60 Å². The lowest BCUT2D eigenvalue weighted by molar-refractivity contribution is 0.0166. The van der Waals surface area contributed by atoms with Crippen molar-refractivity contribution in [2.24, 2.45) is 5.92 Å². The van der Waals surface area contributed by atoms with Gasteiger partial charge in [0.05, 0.1) is 12.5 Å². The normalized spacial score (nSPS) is 20.4. The zero-order valence-electron chi connectivity index (χ0n) is 12.0. The molecule has 2 rings (SSSR count). The standard InChI is InChI=1S/C15H23NO3/c1-15(2,3)19-14(17)16-7-4-5-12(10-16)9-13-6-8-18-11-13/h6,8,11-12H,4-5,7,9-10H2,1-3H3. The third-order valence-electron chi connectivity index (χ3n) is 3.28. The van der Waals surface area contributed by atoms with E-state index in [1.807, 2.05) is 31.7 Å². The molecule has 0 aliphatic carbocycles. The van der Waals surface area contributed by atoms with Crippen LogP contribution in [0.4, 0.5) is 4.79 Å². The highest BCUT2D eigenvalue weighted by molar-refractivity contribution is 5.68. The molecule has 2 heterocycles. The number of likely N-dealkylation sites (tertiary alicyclic amines) is 1. The Kier molecular flexibility index (Phi) is 4.17. The predicted molar refractivity (Wildman–Crippen MR) is 72.9 cm³/mol. The smallest absolute Gasteiger partial charge is 0.410 e. The van der Waals surface area contributed by atoms with Crippen LogP contribution in [0.1, 0.15) is 39.2 Å². The summed E-state index contributed by atoms with van der Waals surface area (Å²) in [7, 11) is 0. The molecule has 0 radical (unpaired) electrons. The van der Waals surface area contributed by atoms with Crippen molar-refractivity contribution < 1.29 is 13.9 Å². The average molecular weight is 265 g/mol. The van der Waals surface area contributed by atoms with Crippen molar-refractivity contribution in [2.75, 3.05) is 13.1 Å². The Morgan fingerprint density at radius 2 is 2.32 bits per heavy atom. The Balaban J connectivity index is 1.88. The molecule has 0 saturated carbocycles.